The van der Waals surface area contributed by atoms with E-state index in [4.69, 9.17) is 4.74 Å². The second-order valence-electron chi connectivity index (χ2n) is 6.74. The first-order chi connectivity index (χ1) is 12.9. The van der Waals surface area contributed by atoms with Gasteiger partial charge in [-0.15, -0.1) is 0 Å². The third-order valence-corrected chi connectivity index (χ3v) is 4.83. The third kappa shape index (κ3) is 3.72. The molecular formula is C22H24N2O3. The van der Waals surface area contributed by atoms with Gasteiger partial charge in [0.15, 0.2) is 0 Å². The van der Waals surface area contributed by atoms with Crippen molar-refractivity contribution in [1.29, 1.82) is 0 Å². The SMILES string of the molecule is COc1cccc2c(C)cc(=O)n(CCC(=O)Nc3c(C)cccc3C)c12. The Morgan fingerprint density at radius 3 is 2.37 bits per heavy atom. The number of carbonyl (C=O) groups excluding carboxylic acids is 1. The summed E-state index contributed by atoms with van der Waals surface area (Å²) in [7, 11) is 1.58. The molecule has 2 aromatic carbocycles. The van der Waals surface area contributed by atoms with Crippen LogP contribution in [0.5, 0.6) is 5.75 Å². The number of pyridine rings is 1. The van der Waals surface area contributed by atoms with Gasteiger partial charge >= 0.3 is 0 Å². The maximum atomic E-state index is 12.6. The van der Waals surface area contributed by atoms with Crippen molar-refractivity contribution in [3.05, 3.63) is 69.5 Å². The number of hydrogen-bond acceptors (Lipinski definition) is 3. The van der Waals surface area contributed by atoms with Crippen LogP contribution in [0.1, 0.15) is 23.1 Å². The lowest BCUT2D eigenvalue weighted by Crippen LogP contribution is -2.24. The normalized spacial score (nSPS) is 10.8. The molecule has 0 spiro atoms. The number of aromatic nitrogens is 1. The molecular weight excluding hydrogens is 340 g/mol. The predicted molar refractivity (Wildman–Crippen MR) is 109 cm³/mol. The number of nitrogens with one attached hydrogen (secondary N) is 1. The Bertz CT molecular complexity index is 1050. The van der Waals surface area contributed by atoms with E-state index in [9.17, 15) is 9.59 Å². The Kier molecular flexibility index (Phi) is 5.31. The van der Waals surface area contributed by atoms with Crippen LogP contribution in [-0.4, -0.2) is 17.6 Å². The van der Waals surface area contributed by atoms with Crippen molar-refractivity contribution in [2.75, 3.05) is 12.4 Å². The van der Waals surface area contributed by atoms with Crippen molar-refractivity contribution < 1.29 is 9.53 Å². The van der Waals surface area contributed by atoms with Crippen LogP contribution < -0.4 is 15.6 Å². The quantitative estimate of drug-likeness (QED) is 0.745. The van der Waals surface area contributed by atoms with Gasteiger partial charge in [-0.1, -0.05) is 30.3 Å². The number of para-hydroxylation sites is 2. The fourth-order valence-electron chi connectivity index (χ4n) is 3.38. The summed E-state index contributed by atoms with van der Waals surface area (Å²) >= 11 is 0. The summed E-state index contributed by atoms with van der Waals surface area (Å²) in [5.41, 5.74) is 4.35. The highest BCUT2D eigenvalue weighted by Crippen LogP contribution is 2.26. The van der Waals surface area contributed by atoms with Crippen LogP contribution in [0.2, 0.25) is 0 Å². The lowest BCUT2D eigenvalue weighted by atomic mass is 10.1. The van der Waals surface area contributed by atoms with E-state index < -0.39 is 0 Å². The topological polar surface area (TPSA) is 60.3 Å². The molecule has 0 radical (unpaired) electrons. The minimum absolute atomic E-state index is 0.122. The van der Waals surface area contributed by atoms with Crippen LogP contribution in [-0.2, 0) is 11.3 Å². The molecule has 0 aliphatic carbocycles. The number of anilines is 1. The van der Waals surface area contributed by atoms with E-state index >= 15 is 0 Å². The van der Waals surface area contributed by atoms with Gasteiger partial charge in [0.1, 0.15) is 5.75 Å². The summed E-state index contributed by atoms with van der Waals surface area (Å²) in [5.74, 6) is 0.506. The first kappa shape index (κ1) is 18.7. The molecule has 1 heterocycles. The summed E-state index contributed by atoms with van der Waals surface area (Å²) in [5, 5.41) is 3.92. The number of rotatable bonds is 5. The van der Waals surface area contributed by atoms with Gasteiger partial charge in [0, 0.05) is 30.1 Å². The maximum absolute atomic E-state index is 12.6. The number of hydrogen-bond donors (Lipinski definition) is 1. The first-order valence-corrected chi connectivity index (χ1v) is 8.95. The molecule has 0 saturated carbocycles. The molecule has 27 heavy (non-hydrogen) atoms. The van der Waals surface area contributed by atoms with Gasteiger partial charge in [-0.05, 0) is 43.5 Å². The smallest absolute Gasteiger partial charge is 0.251 e. The molecule has 0 bridgehead atoms. The number of carbonyl (C=O) groups is 1. The molecule has 1 amide bonds. The Balaban J connectivity index is 1.89. The summed E-state index contributed by atoms with van der Waals surface area (Å²) < 4.78 is 7.07. The van der Waals surface area contributed by atoms with Crippen molar-refractivity contribution >= 4 is 22.5 Å². The molecule has 140 valence electrons. The number of amides is 1. The van der Waals surface area contributed by atoms with Crippen LogP contribution in [0, 0.1) is 20.8 Å². The zero-order valence-electron chi connectivity index (χ0n) is 16.1. The van der Waals surface area contributed by atoms with Gasteiger partial charge in [-0.2, -0.15) is 0 Å². The van der Waals surface area contributed by atoms with E-state index in [1.54, 1.807) is 17.7 Å². The average Bonchev–Trinajstić information content (AvgIpc) is 2.64. The van der Waals surface area contributed by atoms with Crippen molar-refractivity contribution in [2.45, 2.75) is 33.7 Å². The number of nitrogens with zero attached hydrogens (tertiary/aromatic N) is 1. The van der Waals surface area contributed by atoms with E-state index in [0.717, 1.165) is 33.3 Å². The number of aryl methyl sites for hydroxylation is 4. The van der Waals surface area contributed by atoms with Gasteiger partial charge in [0.05, 0.1) is 12.6 Å². The fraction of sp³-hybridized carbons (Fsp3) is 0.273. The number of ether oxygens (including phenoxy) is 1. The summed E-state index contributed by atoms with van der Waals surface area (Å²) in [6, 6.07) is 13.2. The largest absolute Gasteiger partial charge is 0.495 e. The van der Waals surface area contributed by atoms with Crippen LogP contribution in [0.3, 0.4) is 0 Å². The van der Waals surface area contributed by atoms with Gasteiger partial charge < -0.3 is 14.6 Å². The van der Waals surface area contributed by atoms with E-state index in [1.165, 1.54) is 0 Å². The standard InChI is InChI=1S/C22H24N2O3/c1-14-7-5-8-15(2)21(14)23-19(25)11-12-24-20(26)13-16(3)17-9-6-10-18(27-4)22(17)24/h5-10,13H,11-12H2,1-4H3,(H,23,25). The Morgan fingerprint density at radius 1 is 1.04 bits per heavy atom. The van der Waals surface area contributed by atoms with Gasteiger partial charge in [-0.3, -0.25) is 9.59 Å². The molecule has 0 aliphatic rings. The Morgan fingerprint density at radius 2 is 1.70 bits per heavy atom. The number of fused-ring (bicyclic) bond motifs is 1. The number of methoxy groups -OCH3 is 1. The molecule has 0 atom stereocenters. The predicted octanol–water partition coefficient (Wildman–Crippen LogP) is 3.96. The molecule has 1 N–H and O–H groups in total. The minimum atomic E-state index is -0.135. The number of benzene rings is 2. The highest BCUT2D eigenvalue weighted by atomic mass is 16.5. The fourth-order valence-corrected chi connectivity index (χ4v) is 3.38. The van der Waals surface area contributed by atoms with E-state index in [-0.39, 0.29) is 24.4 Å². The van der Waals surface area contributed by atoms with Crippen molar-refractivity contribution in [2.24, 2.45) is 0 Å². The zero-order valence-corrected chi connectivity index (χ0v) is 16.1. The molecule has 0 aliphatic heterocycles. The molecule has 5 nitrogen and oxygen atoms in total. The van der Waals surface area contributed by atoms with Crippen molar-refractivity contribution in [3.8, 4) is 5.75 Å². The first-order valence-electron chi connectivity index (χ1n) is 8.95. The van der Waals surface area contributed by atoms with Crippen LogP contribution in [0.4, 0.5) is 5.69 Å². The molecule has 5 heteroatoms. The molecule has 3 rings (SSSR count). The molecule has 3 aromatic rings. The lowest BCUT2D eigenvalue weighted by molar-refractivity contribution is -0.116. The minimum Gasteiger partial charge on any atom is -0.495 e. The molecule has 1 aromatic heterocycles. The van der Waals surface area contributed by atoms with Gasteiger partial charge in [-0.25, -0.2) is 0 Å². The zero-order chi connectivity index (χ0) is 19.6. The second-order valence-corrected chi connectivity index (χ2v) is 6.74. The summed E-state index contributed by atoms with van der Waals surface area (Å²) in [4.78, 5) is 25.1. The lowest BCUT2D eigenvalue weighted by Gasteiger charge is -2.15. The van der Waals surface area contributed by atoms with E-state index in [1.807, 2.05) is 57.2 Å². The van der Waals surface area contributed by atoms with Crippen molar-refractivity contribution in [1.82, 2.24) is 4.57 Å². The van der Waals surface area contributed by atoms with Crippen molar-refractivity contribution in [3.63, 3.8) is 0 Å². The Labute approximate surface area is 158 Å². The molecule has 0 saturated heterocycles. The monoisotopic (exact) mass is 364 g/mol. The highest BCUT2D eigenvalue weighted by molar-refractivity contribution is 5.92. The average molecular weight is 364 g/mol. The van der Waals surface area contributed by atoms with Gasteiger partial charge in [0.2, 0.25) is 5.91 Å². The highest BCUT2D eigenvalue weighted by Gasteiger charge is 2.13. The van der Waals surface area contributed by atoms with E-state index in [0.29, 0.717) is 5.75 Å². The molecule has 0 unspecified atom stereocenters. The van der Waals surface area contributed by atoms with Gasteiger partial charge in [0.25, 0.3) is 5.56 Å². The van der Waals surface area contributed by atoms with Crippen LogP contribution in [0.25, 0.3) is 10.9 Å². The second kappa shape index (κ2) is 7.66. The summed E-state index contributed by atoms with van der Waals surface area (Å²) in [6.45, 7) is 6.12. The van der Waals surface area contributed by atoms with Crippen LogP contribution >= 0.6 is 0 Å². The third-order valence-electron chi connectivity index (χ3n) is 4.83. The van der Waals surface area contributed by atoms with Crippen LogP contribution in [0.15, 0.2) is 47.3 Å². The Hall–Kier alpha value is -3.08. The van der Waals surface area contributed by atoms with E-state index in [2.05, 4.69) is 5.32 Å². The summed E-state index contributed by atoms with van der Waals surface area (Å²) in [6.07, 6.45) is 0.198. The maximum Gasteiger partial charge on any atom is 0.251 e. The molecule has 0 fully saturated rings.